The van der Waals surface area contributed by atoms with Gasteiger partial charge in [-0.3, -0.25) is 4.79 Å². The van der Waals surface area contributed by atoms with E-state index in [-0.39, 0.29) is 12.7 Å². The molecule has 4 nitrogen and oxygen atoms in total. The second kappa shape index (κ2) is 5.18. The van der Waals surface area contributed by atoms with Gasteiger partial charge in [-0.05, 0) is 36.6 Å². The van der Waals surface area contributed by atoms with Gasteiger partial charge in [0, 0.05) is 18.8 Å². The average Bonchev–Trinajstić information content (AvgIpc) is 2.93. The highest BCUT2D eigenvalue weighted by atomic mass is 16.7. The Morgan fingerprint density at radius 3 is 3.00 bits per heavy atom. The number of nitrogens with zero attached hydrogens (tertiary/aromatic N) is 1. The number of ether oxygens (including phenoxy) is 2. The van der Waals surface area contributed by atoms with Gasteiger partial charge in [-0.1, -0.05) is 12.1 Å². The van der Waals surface area contributed by atoms with E-state index in [0.29, 0.717) is 0 Å². The zero-order valence-electron chi connectivity index (χ0n) is 10.5. The Balaban J connectivity index is 1.70. The summed E-state index contributed by atoms with van der Waals surface area (Å²) >= 11 is 0. The molecule has 0 saturated carbocycles. The van der Waals surface area contributed by atoms with E-state index in [4.69, 9.17) is 9.47 Å². The summed E-state index contributed by atoms with van der Waals surface area (Å²) in [5.74, 6) is 1.49. The molecule has 4 heteroatoms. The molecule has 2 aliphatic heterocycles. The molecule has 0 fully saturated rings. The lowest BCUT2D eigenvalue weighted by atomic mass is 10.2. The first-order chi connectivity index (χ1) is 9.33. The number of benzene rings is 1. The minimum absolute atomic E-state index is 0.00798. The molecule has 0 radical (unpaired) electrons. The van der Waals surface area contributed by atoms with Crippen molar-refractivity contribution in [3.8, 4) is 11.5 Å². The summed E-state index contributed by atoms with van der Waals surface area (Å²) in [7, 11) is 0. The number of hydrogen-bond acceptors (Lipinski definition) is 3. The molecule has 0 aromatic heterocycles. The quantitative estimate of drug-likeness (QED) is 0.764. The molecule has 1 aromatic rings. The lowest BCUT2D eigenvalue weighted by Gasteiger charge is -2.19. The van der Waals surface area contributed by atoms with Crippen LogP contribution in [0.15, 0.2) is 36.6 Å². The van der Waals surface area contributed by atoms with Crippen molar-refractivity contribution in [2.45, 2.75) is 12.8 Å². The van der Waals surface area contributed by atoms with Crippen molar-refractivity contribution in [3.05, 3.63) is 42.1 Å². The Hall–Kier alpha value is -2.23. The van der Waals surface area contributed by atoms with Crippen molar-refractivity contribution in [3.63, 3.8) is 0 Å². The first kappa shape index (κ1) is 11.8. The molecule has 0 atom stereocenters. The van der Waals surface area contributed by atoms with Crippen molar-refractivity contribution in [2.24, 2.45) is 0 Å². The van der Waals surface area contributed by atoms with E-state index >= 15 is 0 Å². The predicted octanol–water partition coefficient (Wildman–Crippen LogP) is 2.56. The maximum atomic E-state index is 11.9. The summed E-state index contributed by atoms with van der Waals surface area (Å²) in [5, 5.41) is 0. The fourth-order valence-electron chi connectivity index (χ4n) is 2.12. The summed E-state index contributed by atoms with van der Waals surface area (Å²) in [4.78, 5) is 13.7. The Bertz CT molecular complexity index is 548. The van der Waals surface area contributed by atoms with E-state index in [0.717, 1.165) is 36.4 Å². The SMILES string of the molecule is O=C(C=Cc1ccc2c(c1)OCO2)N1C=CCCC1. The first-order valence-electron chi connectivity index (χ1n) is 6.38. The number of allylic oxidation sites excluding steroid dienone is 1. The van der Waals surface area contributed by atoms with Crippen LogP contribution in [0.5, 0.6) is 11.5 Å². The normalized spacial score (nSPS) is 17.2. The Morgan fingerprint density at radius 2 is 2.16 bits per heavy atom. The van der Waals surface area contributed by atoms with E-state index in [9.17, 15) is 4.79 Å². The van der Waals surface area contributed by atoms with Crippen molar-refractivity contribution < 1.29 is 14.3 Å². The summed E-state index contributed by atoms with van der Waals surface area (Å²) in [6.45, 7) is 1.06. The standard InChI is InChI=1S/C15H15NO3/c17-15(16-8-2-1-3-9-16)7-5-12-4-6-13-14(10-12)19-11-18-13/h2,4-8,10H,1,3,9,11H2. The number of fused-ring (bicyclic) bond motifs is 1. The predicted molar refractivity (Wildman–Crippen MR) is 71.7 cm³/mol. The minimum Gasteiger partial charge on any atom is -0.454 e. The lowest BCUT2D eigenvalue weighted by Crippen LogP contribution is -2.26. The molecule has 1 aromatic carbocycles. The van der Waals surface area contributed by atoms with Crippen LogP contribution in [-0.4, -0.2) is 24.1 Å². The van der Waals surface area contributed by atoms with E-state index in [2.05, 4.69) is 0 Å². The third-order valence-corrected chi connectivity index (χ3v) is 3.15. The Labute approximate surface area is 111 Å². The summed E-state index contributed by atoms with van der Waals surface area (Å²) in [6.07, 6.45) is 9.35. The van der Waals surface area contributed by atoms with E-state index in [1.807, 2.05) is 30.5 Å². The smallest absolute Gasteiger partial charge is 0.250 e. The number of amides is 1. The van der Waals surface area contributed by atoms with Gasteiger partial charge in [-0.25, -0.2) is 0 Å². The maximum absolute atomic E-state index is 11.9. The van der Waals surface area contributed by atoms with Crippen LogP contribution in [0.3, 0.4) is 0 Å². The van der Waals surface area contributed by atoms with Gasteiger partial charge in [-0.2, -0.15) is 0 Å². The van der Waals surface area contributed by atoms with Gasteiger partial charge in [-0.15, -0.1) is 0 Å². The van der Waals surface area contributed by atoms with Crippen molar-refractivity contribution in [2.75, 3.05) is 13.3 Å². The summed E-state index contributed by atoms with van der Waals surface area (Å²) in [5.41, 5.74) is 0.929. The highest BCUT2D eigenvalue weighted by molar-refractivity contribution is 5.92. The van der Waals surface area contributed by atoms with Gasteiger partial charge in [0.2, 0.25) is 6.79 Å². The van der Waals surface area contributed by atoms with E-state index in [1.54, 1.807) is 17.1 Å². The van der Waals surface area contributed by atoms with Gasteiger partial charge in [0.1, 0.15) is 0 Å². The molecule has 0 saturated heterocycles. The molecule has 0 bridgehead atoms. The van der Waals surface area contributed by atoms with Crippen LogP contribution in [0.4, 0.5) is 0 Å². The van der Waals surface area contributed by atoms with Crippen molar-refractivity contribution in [1.82, 2.24) is 4.90 Å². The highest BCUT2D eigenvalue weighted by Gasteiger charge is 2.13. The van der Waals surface area contributed by atoms with Crippen molar-refractivity contribution in [1.29, 1.82) is 0 Å². The second-order valence-electron chi connectivity index (χ2n) is 4.50. The van der Waals surface area contributed by atoms with Crippen LogP contribution in [-0.2, 0) is 4.79 Å². The first-order valence-corrected chi connectivity index (χ1v) is 6.38. The second-order valence-corrected chi connectivity index (χ2v) is 4.50. The van der Waals surface area contributed by atoms with Crippen LogP contribution in [0.1, 0.15) is 18.4 Å². The van der Waals surface area contributed by atoms with Gasteiger partial charge in [0.25, 0.3) is 5.91 Å². The van der Waals surface area contributed by atoms with Crippen LogP contribution < -0.4 is 9.47 Å². The molecule has 98 valence electrons. The third kappa shape index (κ3) is 2.62. The van der Waals surface area contributed by atoms with E-state index < -0.39 is 0 Å². The zero-order chi connectivity index (χ0) is 13.1. The monoisotopic (exact) mass is 257 g/mol. The van der Waals surface area contributed by atoms with Gasteiger partial charge >= 0.3 is 0 Å². The minimum atomic E-state index is 0.00798. The lowest BCUT2D eigenvalue weighted by molar-refractivity contribution is -0.123. The number of hydrogen-bond donors (Lipinski definition) is 0. The van der Waals surface area contributed by atoms with Gasteiger partial charge in [0.15, 0.2) is 11.5 Å². The molecule has 0 spiro atoms. The largest absolute Gasteiger partial charge is 0.454 e. The number of carbonyl (C=O) groups is 1. The Kier molecular flexibility index (Phi) is 3.23. The molecule has 19 heavy (non-hydrogen) atoms. The van der Waals surface area contributed by atoms with Gasteiger partial charge < -0.3 is 14.4 Å². The maximum Gasteiger partial charge on any atom is 0.250 e. The van der Waals surface area contributed by atoms with Crippen molar-refractivity contribution >= 4 is 12.0 Å². The van der Waals surface area contributed by atoms with Crippen LogP contribution >= 0.6 is 0 Å². The fraction of sp³-hybridized carbons (Fsp3) is 0.267. The van der Waals surface area contributed by atoms with Crippen LogP contribution in [0, 0.1) is 0 Å². The Morgan fingerprint density at radius 1 is 1.26 bits per heavy atom. The molecular weight excluding hydrogens is 242 g/mol. The molecule has 0 unspecified atom stereocenters. The topological polar surface area (TPSA) is 38.8 Å². The molecule has 3 rings (SSSR count). The van der Waals surface area contributed by atoms with E-state index in [1.165, 1.54) is 0 Å². The summed E-state index contributed by atoms with van der Waals surface area (Å²) in [6, 6.07) is 5.63. The van der Waals surface area contributed by atoms with Crippen LogP contribution in [0.25, 0.3) is 6.08 Å². The third-order valence-electron chi connectivity index (χ3n) is 3.15. The zero-order valence-corrected chi connectivity index (χ0v) is 10.5. The molecule has 2 heterocycles. The van der Waals surface area contributed by atoms with Gasteiger partial charge in [0.05, 0.1) is 0 Å². The van der Waals surface area contributed by atoms with Crippen LogP contribution in [0.2, 0.25) is 0 Å². The molecule has 1 amide bonds. The fourth-order valence-corrected chi connectivity index (χ4v) is 2.12. The molecule has 2 aliphatic rings. The number of carbonyl (C=O) groups excluding carboxylic acids is 1. The number of rotatable bonds is 2. The summed E-state index contributed by atoms with van der Waals surface area (Å²) < 4.78 is 10.5. The molecular formula is C15H15NO3. The molecule has 0 N–H and O–H groups in total. The molecule has 0 aliphatic carbocycles. The average molecular weight is 257 g/mol. The highest BCUT2D eigenvalue weighted by Crippen LogP contribution is 2.32.